The minimum Gasteiger partial charge on any atom is -1.00 e. The Morgan fingerprint density at radius 1 is 1.50 bits per heavy atom. The second-order valence-electron chi connectivity index (χ2n) is 0.432. The molecule has 0 saturated heterocycles. The van der Waals surface area contributed by atoms with Gasteiger partial charge >= 0.3 is 26.2 Å². The third-order valence-corrected chi connectivity index (χ3v) is 0.0943. The fraction of sp³-hybridized carbons (Fsp3) is 0. The minimum atomic E-state index is -2.06. The Morgan fingerprint density at radius 3 is 1.67 bits per heavy atom. The van der Waals surface area contributed by atoms with Crippen molar-refractivity contribution in [2.24, 2.45) is 0 Å². The molecule has 0 rings (SSSR count). The zero-order chi connectivity index (χ0) is 4.28. The van der Waals surface area contributed by atoms with Gasteiger partial charge in [0, 0.05) is 0 Å². The van der Waals surface area contributed by atoms with Crippen molar-refractivity contribution in [2.75, 3.05) is 0 Å². The number of hydrogen-bond acceptors (Lipinski definition) is 4. The van der Waals surface area contributed by atoms with Gasteiger partial charge in [-0.05, 0) is 0 Å². The largest absolute Gasteiger partial charge is 1.00 e. The zero-order valence-corrected chi connectivity index (χ0v) is 3.33. The van der Waals surface area contributed by atoms with E-state index in [0.29, 0.717) is 0 Å². The van der Waals surface area contributed by atoms with Crippen LogP contribution in [0.3, 0.4) is 0 Å². The van der Waals surface area contributed by atoms with Crippen molar-refractivity contribution in [3.05, 3.63) is 0 Å². The first kappa shape index (κ1) is 9.71. The third kappa shape index (κ3) is 8.82. The predicted octanol–water partition coefficient (Wildman–Crippen LogP) is -4.44. The molecule has 0 aromatic heterocycles. The monoisotopic (exact) mass is 86.0 g/mol. The molecule has 0 aliphatic rings. The van der Waals surface area contributed by atoms with Crippen molar-refractivity contribution in [2.45, 2.75) is 0 Å². The van der Waals surface area contributed by atoms with Crippen LogP contribution < -0.4 is 18.9 Å². The first-order valence-corrected chi connectivity index (χ1v) is 0.935. The molecule has 0 radical (unpaired) electrons. The summed E-state index contributed by atoms with van der Waals surface area (Å²) < 4.78 is 0. The molecule has 32 valence electrons. The SMILES string of the molecule is OOB(O)O.[H-].[Li+]. The first-order valence-electron chi connectivity index (χ1n) is 0.935. The second kappa shape index (κ2) is 5.50. The van der Waals surface area contributed by atoms with Gasteiger partial charge in [-0.15, -0.1) is 0 Å². The maximum absolute atomic E-state index is 7.44. The van der Waals surface area contributed by atoms with Crippen molar-refractivity contribution in [1.82, 2.24) is 0 Å². The van der Waals surface area contributed by atoms with Gasteiger partial charge in [0.2, 0.25) is 0 Å². The third-order valence-electron chi connectivity index (χ3n) is 0.0943. The molecular weight excluding hydrogens is 81.7 g/mol. The van der Waals surface area contributed by atoms with Crippen molar-refractivity contribution < 1.29 is 40.4 Å². The molecule has 0 bridgehead atoms. The summed E-state index contributed by atoms with van der Waals surface area (Å²) in [4.78, 5) is 2.86. The first-order chi connectivity index (χ1) is 2.27. The van der Waals surface area contributed by atoms with Crippen LogP contribution in [0.15, 0.2) is 0 Å². The van der Waals surface area contributed by atoms with E-state index in [2.05, 4.69) is 4.81 Å². The molecule has 0 fully saturated rings. The Balaban J connectivity index is -0.0000000800. The topological polar surface area (TPSA) is 69.9 Å². The van der Waals surface area contributed by atoms with E-state index in [1.807, 2.05) is 0 Å². The van der Waals surface area contributed by atoms with Crippen LogP contribution in [-0.2, 0) is 4.81 Å². The maximum atomic E-state index is 7.44. The molecule has 0 saturated carbocycles. The molecular formula is H4BLiO4. The van der Waals surface area contributed by atoms with E-state index in [-0.39, 0.29) is 20.3 Å². The Labute approximate surface area is 48.5 Å². The smallest absolute Gasteiger partial charge is 1.00 e. The Morgan fingerprint density at radius 2 is 1.67 bits per heavy atom. The Bertz CT molecular complexity index is 25.7. The summed E-state index contributed by atoms with van der Waals surface area (Å²) in [5.74, 6) is 0. The summed E-state index contributed by atoms with van der Waals surface area (Å²) in [6.45, 7) is 0. The van der Waals surface area contributed by atoms with Crippen LogP contribution in [0, 0.1) is 0 Å². The molecule has 6 heavy (non-hydrogen) atoms. The van der Waals surface area contributed by atoms with Crippen LogP contribution >= 0.6 is 0 Å². The van der Waals surface area contributed by atoms with E-state index in [9.17, 15) is 0 Å². The van der Waals surface area contributed by atoms with E-state index in [1.165, 1.54) is 0 Å². The average Bonchev–Trinajstić information content (AvgIpc) is 1.38. The van der Waals surface area contributed by atoms with E-state index in [1.54, 1.807) is 0 Å². The van der Waals surface area contributed by atoms with Gasteiger partial charge in [-0.2, -0.15) is 0 Å². The molecule has 0 amide bonds. The molecule has 0 unspecified atom stereocenters. The van der Waals surface area contributed by atoms with Gasteiger partial charge in [-0.3, -0.25) is 5.26 Å². The van der Waals surface area contributed by atoms with Gasteiger partial charge in [-0.1, -0.05) is 0 Å². The molecule has 4 nitrogen and oxygen atoms in total. The Hall–Kier alpha value is 0.502. The maximum Gasteiger partial charge on any atom is 1.00 e. The van der Waals surface area contributed by atoms with Crippen molar-refractivity contribution >= 4 is 7.32 Å². The Kier molecular flexibility index (Phi) is 8.91. The van der Waals surface area contributed by atoms with Crippen LogP contribution in [0.1, 0.15) is 1.43 Å². The van der Waals surface area contributed by atoms with E-state index < -0.39 is 7.32 Å². The van der Waals surface area contributed by atoms with Crippen LogP contribution in [-0.4, -0.2) is 22.6 Å². The van der Waals surface area contributed by atoms with Gasteiger partial charge in [0.15, 0.2) is 0 Å². The van der Waals surface area contributed by atoms with Gasteiger partial charge in [0.25, 0.3) is 0 Å². The summed E-state index contributed by atoms with van der Waals surface area (Å²) >= 11 is 0. The fourth-order valence-electron chi connectivity index (χ4n) is 0. The van der Waals surface area contributed by atoms with Gasteiger partial charge in [0.1, 0.15) is 0 Å². The minimum absolute atomic E-state index is 0. The zero-order valence-electron chi connectivity index (χ0n) is 4.33. The molecule has 0 aliphatic carbocycles. The molecule has 0 aromatic carbocycles. The summed E-state index contributed by atoms with van der Waals surface area (Å²) in [6, 6.07) is 0. The van der Waals surface area contributed by atoms with Crippen molar-refractivity contribution in [1.29, 1.82) is 0 Å². The summed E-state index contributed by atoms with van der Waals surface area (Å²) in [5, 5.41) is 22.0. The summed E-state index contributed by atoms with van der Waals surface area (Å²) in [7, 11) is -2.06. The molecule has 0 heterocycles. The van der Waals surface area contributed by atoms with Gasteiger partial charge in [-0.25, -0.2) is 4.81 Å². The standard InChI is InChI=1S/BH3O4.Li.H/c2-1(3)5-4;;/h2-4H;;/q;+1;-1. The van der Waals surface area contributed by atoms with E-state index in [0.717, 1.165) is 0 Å². The van der Waals surface area contributed by atoms with Crippen molar-refractivity contribution in [3.63, 3.8) is 0 Å². The quantitative estimate of drug-likeness (QED) is 0.171. The van der Waals surface area contributed by atoms with E-state index >= 15 is 0 Å². The van der Waals surface area contributed by atoms with Crippen molar-refractivity contribution in [3.8, 4) is 0 Å². The normalized spacial score (nSPS) is 6.50. The second-order valence-corrected chi connectivity index (χ2v) is 0.432. The number of hydrogen-bond donors (Lipinski definition) is 3. The van der Waals surface area contributed by atoms with Gasteiger partial charge < -0.3 is 11.5 Å². The number of rotatable bonds is 1. The fourth-order valence-corrected chi connectivity index (χ4v) is 0. The average molecular weight is 85.8 g/mol. The predicted molar refractivity (Wildman–Crippen MR) is 15.0 cm³/mol. The van der Waals surface area contributed by atoms with E-state index in [4.69, 9.17) is 15.3 Å². The summed E-state index contributed by atoms with van der Waals surface area (Å²) in [6.07, 6.45) is 0. The van der Waals surface area contributed by atoms with Crippen LogP contribution in [0.25, 0.3) is 0 Å². The van der Waals surface area contributed by atoms with Crippen LogP contribution in [0.2, 0.25) is 0 Å². The van der Waals surface area contributed by atoms with Crippen LogP contribution in [0.4, 0.5) is 0 Å². The molecule has 0 spiro atoms. The molecule has 6 heteroatoms. The van der Waals surface area contributed by atoms with Crippen LogP contribution in [0.5, 0.6) is 0 Å². The molecule has 0 atom stereocenters. The molecule has 0 aliphatic heterocycles. The van der Waals surface area contributed by atoms with Gasteiger partial charge in [0.05, 0.1) is 0 Å². The summed E-state index contributed by atoms with van der Waals surface area (Å²) in [5.41, 5.74) is 0. The molecule has 0 aromatic rings. The molecule has 3 N–H and O–H groups in total.